The topological polar surface area (TPSA) is 87.6 Å². The van der Waals surface area contributed by atoms with Crippen molar-refractivity contribution in [3.63, 3.8) is 0 Å². The summed E-state index contributed by atoms with van der Waals surface area (Å²) in [4.78, 5) is 12.7. The molecule has 8 nitrogen and oxygen atoms in total. The van der Waals surface area contributed by atoms with E-state index in [2.05, 4.69) is 26.5 Å². The first-order valence-electron chi connectivity index (χ1n) is 9.33. The molecule has 0 bridgehead atoms. The predicted octanol–water partition coefficient (Wildman–Crippen LogP) is 3.47. The third-order valence-corrected chi connectivity index (χ3v) is 5.08. The molecule has 0 aromatic heterocycles. The molecule has 1 unspecified atom stereocenters. The zero-order valence-electron chi connectivity index (χ0n) is 16.9. The zero-order chi connectivity index (χ0) is 21.5. The van der Waals surface area contributed by atoms with E-state index in [1.165, 1.54) is 6.21 Å². The van der Waals surface area contributed by atoms with Crippen LogP contribution in [0, 0.1) is 0 Å². The van der Waals surface area contributed by atoms with Crippen molar-refractivity contribution in [3.05, 3.63) is 45.9 Å². The first kappa shape index (κ1) is 21.9. The maximum absolute atomic E-state index is 12.7. The van der Waals surface area contributed by atoms with Crippen molar-refractivity contribution in [2.75, 3.05) is 34.0 Å². The standard InChI is InChI=1S/C21H23BrN2O6/c1-4-28-20(14-5-6-15-16(11-14)30-8-7-29-15)21(25)24-23-12-13-9-17(26-2)19(22)18(10-13)27-3/h5-6,9-12,20H,4,7-8H2,1-3H3,(H,24,25). The number of benzene rings is 2. The van der Waals surface area contributed by atoms with E-state index in [9.17, 15) is 4.79 Å². The number of fused-ring (bicyclic) bond motifs is 1. The molecule has 1 aliphatic rings. The molecule has 30 heavy (non-hydrogen) atoms. The number of hydrogen-bond donors (Lipinski definition) is 1. The smallest absolute Gasteiger partial charge is 0.273 e. The Morgan fingerprint density at radius 2 is 1.83 bits per heavy atom. The molecule has 160 valence electrons. The van der Waals surface area contributed by atoms with Crippen LogP contribution in [0.3, 0.4) is 0 Å². The van der Waals surface area contributed by atoms with Gasteiger partial charge in [0.05, 0.1) is 20.4 Å². The highest BCUT2D eigenvalue weighted by Crippen LogP contribution is 2.35. The summed E-state index contributed by atoms with van der Waals surface area (Å²) in [5.41, 5.74) is 3.87. The SMILES string of the molecule is CCOC(C(=O)NN=Cc1cc(OC)c(Br)c(OC)c1)c1ccc2c(c1)OCCO2. The average molecular weight is 479 g/mol. The van der Waals surface area contributed by atoms with Gasteiger partial charge in [0.15, 0.2) is 17.6 Å². The summed E-state index contributed by atoms with van der Waals surface area (Å²) in [6, 6.07) is 8.84. The Morgan fingerprint density at radius 3 is 2.47 bits per heavy atom. The van der Waals surface area contributed by atoms with Crippen LogP contribution in [0.15, 0.2) is 39.9 Å². The number of nitrogens with one attached hydrogen (secondary N) is 1. The van der Waals surface area contributed by atoms with E-state index in [-0.39, 0.29) is 0 Å². The molecule has 0 fully saturated rings. The molecule has 2 aromatic rings. The van der Waals surface area contributed by atoms with Gasteiger partial charge in [-0.2, -0.15) is 5.10 Å². The van der Waals surface area contributed by atoms with Crippen LogP contribution in [0.2, 0.25) is 0 Å². The van der Waals surface area contributed by atoms with E-state index in [1.54, 1.807) is 44.6 Å². The van der Waals surface area contributed by atoms with Crippen LogP contribution in [0.5, 0.6) is 23.0 Å². The van der Waals surface area contributed by atoms with Gasteiger partial charge in [0.25, 0.3) is 5.91 Å². The maximum atomic E-state index is 12.7. The highest BCUT2D eigenvalue weighted by atomic mass is 79.9. The Balaban J connectivity index is 1.74. The summed E-state index contributed by atoms with van der Waals surface area (Å²) in [7, 11) is 3.12. The third-order valence-electron chi connectivity index (χ3n) is 4.30. The van der Waals surface area contributed by atoms with Gasteiger partial charge in [-0.1, -0.05) is 6.07 Å². The number of hydrazone groups is 1. The monoisotopic (exact) mass is 478 g/mol. The number of hydrogen-bond acceptors (Lipinski definition) is 7. The van der Waals surface area contributed by atoms with Crippen LogP contribution in [0.25, 0.3) is 0 Å². The molecule has 0 aliphatic carbocycles. The van der Waals surface area contributed by atoms with Gasteiger partial charge < -0.3 is 23.7 Å². The van der Waals surface area contributed by atoms with Crippen LogP contribution in [0.4, 0.5) is 0 Å². The summed E-state index contributed by atoms with van der Waals surface area (Å²) >= 11 is 3.42. The second-order valence-electron chi connectivity index (χ2n) is 6.21. The van der Waals surface area contributed by atoms with Gasteiger partial charge >= 0.3 is 0 Å². The second-order valence-corrected chi connectivity index (χ2v) is 7.01. The van der Waals surface area contributed by atoms with Crippen molar-refractivity contribution in [2.24, 2.45) is 5.10 Å². The van der Waals surface area contributed by atoms with E-state index in [4.69, 9.17) is 23.7 Å². The molecule has 1 aliphatic heterocycles. The lowest BCUT2D eigenvalue weighted by atomic mass is 10.1. The Bertz CT molecular complexity index is 909. The Hall–Kier alpha value is -2.78. The van der Waals surface area contributed by atoms with Crippen LogP contribution >= 0.6 is 15.9 Å². The van der Waals surface area contributed by atoms with Gasteiger partial charge in [-0.3, -0.25) is 4.79 Å². The molecule has 1 amide bonds. The molecule has 9 heteroatoms. The number of halogens is 1. The summed E-state index contributed by atoms with van der Waals surface area (Å²) in [6.45, 7) is 3.15. The largest absolute Gasteiger partial charge is 0.495 e. The van der Waals surface area contributed by atoms with E-state index in [0.717, 1.165) is 0 Å². The minimum Gasteiger partial charge on any atom is -0.495 e. The van der Waals surface area contributed by atoms with Gasteiger partial charge in [-0.15, -0.1) is 0 Å². The summed E-state index contributed by atoms with van der Waals surface area (Å²) in [5.74, 6) is 2.02. The molecule has 0 radical (unpaired) electrons. The van der Waals surface area contributed by atoms with Gasteiger partial charge in [-0.05, 0) is 52.7 Å². The van der Waals surface area contributed by atoms with Crippen molar-refractivity contribution in [1.29, 1.82) is 0 Å². The van der Waals surface area contributed by atoms with Crippen molar-refractivity contribution >= 4 is 28.1 Å². The normalized spacial score (nSPS) is 13.7. The lowest BCUT2D eigenvalue weighted by molar-refractivity contribution is -0.133. The summed E-state index contributed by atoms with van der Waals surface area (Å²) < 4.78 is 28.1. The average Bonchev–Trinajstić information content (AvgIpc) is 2.77. The van der Waals surface area contributed by atoms with Crippen molar-refractivity contribution in [3.8, 4) is 23.0 Å². The fourth-order valence-electron chi connectivity index (χ4n) is 2.91. The first-order valence-corrected chi connectivity index (χ1v) is 10.1. The fraction of sp³-hybridized carbons (Fsp3) is 0.333. The van der Waals surface area contributed by atoms with Gasteiger partial charge in [-0.25, -0.2) is 5.43 Å². The quantitative estimate of drug-likeness (QED) is 0.461. The minimum absolute atomic E-state index is 0.358. The lowest BCUT2D eigenvalue weighted by Crippen LogP contribution is -2.27. The van der Waals surface area contributed by atoms with Crippen molar-refractivity contribution in [1.82, 2.24) is 5.43 Å². The molecule has 3 rings (SSSR count). The van der Waals surface area contributed by atoms with Gasteiger partial charge in [0, 0.05) is 12.2 Å². The fourth-order valence-corrected chi connectivity index (χ4v) is 3.46. The molecule has 0 spiro atoms. The van der Waals surface area contributed by atoms with Crippen LogP contribution in [-0.4, -0.2) is 46.2 Å². The molecule has 2 aromatic carbocycles. The molecule has 0 saturated carbocycles. The number of carbonyl (C=O) groups is 1. The van der Waals surface area contributed by atoms with Crippen molar-refractivity contribution in [2.45, 2.75) is 13.0 Å². The molecule has 0 saturated heterocycles. The van der Waals surface area contributed by atoms with Gasteiger partial charge in [0.1, 0.15) is 29.2 Å². The molecular formula is C21H23BrN2O6. The maximum Gasteiger partial charge on any atom is 0.273 e. The Kier molecular flexibility index (Phi) is 7.53. The number of ether oxygens (including phenoxy) is 5. The Labute approximate surface area is 183 Å². The lowest BCUT2D eigenvalue weighted by Gasteiger charge is -2.21. The molecular weight excluding hydrogens is 456 g/mol. The number of methoxy groups -OCH3 is 2. The van der Waals surface area contributed by atoms with E-state index in [0.29, 0.717) is 58.4 Å². The van der Waals surface area contributed by atoms with Gasteiger partial charge in [0.2, 0.25) is 0 Å². The predicted molar refractivity (Wildman–Crippen MR) is 115 cm³/mol. The number of nitrogens with zero attached hydrogens (tertiary/aromatic N) is 1. The molecule has 1 N–H and O–H groups in total. The molecule has 1 atom stereocenters. The minimum atomic E-state index is -0.836. The number of rotatable bonds is 8. The Morgan fingerprint density at radius 1 is 1.17 bits per heavy atom. The highest BCUT2D eigenvalue weighted by molar-refractivity contribution is 9.10. The summed E-state index contributed by atoms with van der Waals surface area (Å²) in [6.07, 6.45) is 0.666. The highest BCUT2D eigenvalue weighted by Gasteiger charge is 2.23. The zero-order valence-corrected chi connectivity index (χ0v) is 18.5. The van der Waals surface area contributed by atoms with E-state index >= 15 is 0 Å². The third kappa shape index (κ3) is 5.03. The number of amides is 1. The van der Waals surface area contributed by atoms with Crippen molar-refractivity contribution < 1.29 is 28.5 Å². The van der Waals surface area contributed by atoms with E-state index < -0.39 is 12.0 Å². The van der Waals surface area contributed by atoms with Crippen LogP contribution in [0.1, 0.15) is 24.2 Å². The first-order chi connectivity index (χ1) is 14.6. The van der Waals surface area contributed by atoms with Crippen LogP contribution in [-0.2, 0) is 9.53 Å². The summed E-state index contributed by atoms with van der Waals surface area (Å²) in [5, 5.41) is 4.05. The van der Waals surface area contributed by atoms with Crippen LogP contribution < -0.4 is 24.4 Å². The molecule has 1 heterocycles. The number of carbonyl (C=O) groups excluding carboxylic acids is 1. The second kappa shape index (κ2) is 10.3. The van der Waals surface area contributed by atoms with E-state index in [1.807, 2.05) is 6.92 Å².